The van der Waals surface area contributed by atoms with Crippen LogP contribution in [0.2, 0.25) is 0 Å². The Balaban J connectivity index is 1.56. The number of nitrogens with one attached hydrogen (secondary N) is 1. The summed E-state index contributed by atoms with van der Waals surface area (Å²) >= 11 is 1.65. The first-order chi connectivity index (χ1) is 13.5. The van der Waals surface area contributed by atoms with E-state index in [0.717, 1.165) is 43.2 Å². The van der Waals surface area contributed by atoms with Crippen LogP contribution in [0.25, 0.3) is 0 Å². The predicted molar refractivity (Wildman–Crippen MR) is 115 cm³/mol. The Morgan fingerprint density at radius 2 is 1.96 bits per heavy atom. The van der Waals surface area contributed by atoms with Crippen molar-refractivity contribution >= 4 is 23.5 Å². The summed E-state index contributed by atoms with van der Waals surface area (Å²) in [6, 6.07) is 10.8. The number of piperidine rings is 1. The molecule has 6 heteroatoms. The molecule has 0 aliphatic carbocycles. The zero-order valence-corrected chi connectivity index (χ0v) is 18.1. The second kappa shape index (κ2) is 9.41. The van der Waals surface area contributed by atoms with Crippen LogP contribution in [0.15, 0.2) is 40.3 Å². The third-order valence-corrected chi connectivity index (χ3v) is 6.46. The van der Waals surface area contributed by atoms with Gasteiger partial charge in [-0.25, -0.2) is 0 Å². The summed E-state index contributed by atoms with van der Waals surface area (Å²) in [6.45, 7) is 10.1. The number of hydrogen-bond acceptors (Lipinski definition) is 5. The van der Waals surface area contributed by atoms with Crippen LogP contribution in [0.5, 0.6) is 0 Å². The molecule has 1 fully saturated rings. The third kappa shape index (κ3) is 5.25. The van der Waals surface area contributed by atoms with Gasteiger partial charge >= 0.3 is 0 Å². The molecule has 1 aromatic carbocycles. The average Bonchev–Trinajstić information content (AvgIpc) is 2.71. The predicted octanol–water partition coefficient (Wildman–Crippen LogP) is 4.38. The summed E-state index contributed by atoms with van der Waals surface area (Å²) in [5, 5.41) is 12.9. The Hall–Kier alpha value is -2.08. The van der Waals surface area contributed by atoms with E-state index < -0.39 is 0 Å². The normalized spacial score (nSPS) is 16.1. The SMILES string of the molecule is CC[C@H](C)NC(=O)C1CCN(c2ccc(Sc3cc(C)ccc3C)nn2)CC1. The van der Waals surface area contributed by atoms with E-state index >= 15 is 0 Å². The molecular weight excluding hydrogens is 368 g/mol. The first-order valence-corrected chi connectivity index (χ1v) is 10.9. The molecule has 0 radical (unpaired) electrons. The number of aromatic nitrogens is 2. The molecule has 3 rings (SSSR count). The highest BCUT2D eigenvalue weighted by Gasteiger charge is 2.26. The Labute approximate surface area is 172 Å². The van der Waals surface area contributed by atoms with Crippen LogP contribution in [0, 0.1) is 19.8 Å². The molecule has 1 saturated heterocycles. The minimum atomic E-state index is 0.109. The van der Waals surface area contributed by atoms with Crippen molar-refractivity contribution in [2.24, 2.45) is 5.92 Å². The number of amides is 1. The number of hydrogen-bond donors (Lipinski definition) is 1. The number of carbonyl (C=O) groups excluding carboxylic acids is 1. The number of rotatable bonds is 6. The van der Waals surface area contributed by atoms with Crippen LogP contribution in [-0.4, -0.2) is 35.2 Å². The van der Waals surface area contributed by atoms with Gasteiger partial charge < -0.3 is 10.2 Å². The van der Waals surface area contributed by atoms with Crippen molar-refractivity contribution in [2.75, 3.05) is 18.0 Å². The van der Waals surface area contributed by atoms with Gasteiger partial charge in [-0.1, -0.05) is 30.8 Å². The lowest BCUT2D eigenvalue weighted by molar-refractivity contribution is -0.126. The zero-order chi connectivity index (χ0) is 20.1. The van der Waals surface area contributed by atoms with E-state index in [4.69, 9.17) is 0 Å². The second-order valence-electron chi connectivity index (χ2n) is 7.68. The fraction of sp³-hybridized carbons (Fsp3) is 0.500. The molecule has 0 unspecified atom stereocenters. The van der Waals surface area contributed by atoms with Gasteiger partial charge in [0.05, 0.1) is 0 Å². The lowest BCUT2D eigenvalue weighted by Gasteiger charge is -2.32. The van der Waals surface area contributed by atoms with E-state index in [1.807, 2.05) is 12.1 Å². The molecule has 0 spiro atoms. The summed E-state index contributed by atoms with van der Waals surface area (Å²) in [5.74, 6) is 1.20. The van der Waals surface area contributed by atoms with Crippen LogP contribution in [0.3, 0.4) is 0 Å². The molecule has 1 aromatic heterocycles. The minimum Gasteiger partial charge on any atom is -0.355 e. The molecule has 0 saturated carbocycles. The maximum Gasteiger partial charge on any atom is 0.223 e. The van der Waals surface area contributed by atoms with E-state index in [2.05, 4.69) is 66.3 Å². The van der Waals surface area contributed by atoms with Crippen LogP contribution >= 0.6 is 11.8 Å². The summed E-state index contributed by atoms with van der Waals surface area (Å²) in [6.07, 6.45) is 2.69. The monoisotopic (exact) mass is 398 g/mol. The van der Waals surface area contributed by atoms with Crippen molar-refractivity contribution in [1.29, 1.82) is 0 Å². The van der Waals surface area contributed by atoms with Gasteiger partial charge in [0, 0.05) is 29.9 Å². The van der Waals surface area contributed by atoms with Crippen LogP contribution in [0.1, 0.15) is 44.2 Å². The van der Waals surface area contributed by atoms with E-state index in [9.17, 15) is 4.79 Å². The third-order valence-electron chi connectivity index (χ3n) is 5.37. The van der Waals surface area contributed by atoms with E-state index in [-0.39, 0.29) is 17.9 Å². The number of aryl methyl sites for hydroxylation is 2. The number of benzene rings is 1. The highest BCUT2D eigenvalue weighted by Crippen LogP contribution is 2.30. The zero-order valence-electron chi connectivity index (χ0n) is 17.2. The molecule has 1 aliphatic heterocycles. The quantitative estimate of drug-likeness (QED) is 0.783. The standard InChI is InChI=1S/C22H30N4OS/c1-5-17(4)23-22(27)18-10-12-26(13-11-18)20-8-9-21(25-24-20)28-19-14-15(2)6-7-16(19)3/h6-9,14,17-18H,5,10-13H2,1-4H3,(H,23,27)/t17-/m0/s1. The summed E-state index contributed by atoms with van der Waals surface area (Å²) in [7, 11) is 0. The lowest BCUT2D eigenvalue weighted by Crippen LogP contribution is -2.43. The molecule has 1 N–H and O–H groups in total. The molecule has 28 heavy (non-hydrogen) atoms. The molecule has 5 nitrogen and oxygen atoms in total. The molecule has 2 heterocycles. The molecule has 1 aliphatic rings. The van der Waals surface area contributed by atoms with Gasteiger partial charge in [0.15, 0.2) is 5.82 Å². The number of anilines is 1. The first kappa shape index (κ1) is 20.6. The van der Waals surface area contributed by atoms with E-state index in [1.165, 1.54) is 16.0 Å². The topological polar surface area (TPSA) is 58.1 Å². The fourth-order valence-corrected chi connectivity index (χ4v) is 4.22. The van der Waals surface area contributed by atoms with Crippen molar-refractivity contribution < 1.29 is 4.79 Å². The van der Waals surface area contributed by atoms with Gasteiger partial charge in [-0.05, 0) is 69.4 Å². The molecular formula is C22H30N4OS. The van der Waals surface area contributed by atoms with E-state index in [0.29, 0.717) is 0 Å². The van der Waals surface area contributed by atoms with Crippen molar-refractivity contribution in [1.82, 2.24) is 15.5 Å². The number of carbonyl (C=O) groups is 1. The highest BCUT2D eigenvalue weighted by molar-refractivity contribution is 7.99. The summed E-state index contributed by atoms with van der Waals surface area (Å²) in [5.41, 5.74) is 2.50. The van der Waals surface area contributed by atoms with Crippen molar-refractivity contribution in [3.05, 3.63) is 41.5 Å². The van der Waals surface area contributed by atoms with Gasteiger partial charge in [-0.3, -0.25) is 4.79 Å². The molecule has 0 bridgehead atoms. The van der Waals surface area contributed by atoms with Crippen molar-refractivity contribution in [3.63, 3.8) is 0 Å². The van der Waals surface area contributed by atoms with Crippen molar-refractivity contribution in [2.45, 2.75) is 62.9 Å². The molecule has 150 valence electrons. The Morgan fingerprint density at radius 3 is 2.61 bits per heavy atom. The maximum atomic E-state index is 12.3. The highest BCUT2D eigenvalue weighted by atomic mass is 32.2. The van der Waals surface area contributed by atoms with E-state index in [1.54, 1.807) is 11.8 Å². The number of nitrogens with zero attached hydrogens (tertiary/aromatic N) is 3. The van der Waals surface area contributed by atoms with Crippen LogP contribution in [-0.2, 0) is 4.79 Å². The maximum absolute atomic E-state index is 12.3. The van der Waals surface area contributed by atoms with Gasteiger partial charge in [0.25, 0.3) is 0 Å². The first-order valence-electron chi connectivity index (χ1n) is 10.1. The van der Waals surface area contributed by atoms with Gasteiger partial charge in [-0.2, -0.15) is 0 Å². The molecule has 1 amide bonds. The van der Waals surface area contributed by atoms with Crippen molar-refractivity contribution in [3.8, 4) is 0 Å². The average molecular weight is 399 g/mol. The molecule has 1 atom stereocenters. The summed E-state index contributed by atoms with van der Waals surface area (Å²) < 4.78 is 0. The Kier molecular flexibility index (Phi) is 6.94. The smallest absolute Gasteiger partial charge is 0.223 e. The summed E-state index contributed by atoms with van der Waals surface area (Å²) in [4.78, 5) is 15.8. The second-order valence-corrected chi connectivity index (χ2v) is 8.74. The Bertz CT molecular complexity index is 801. The van der Waals surface area contributed by atoms with Gasteiger partial charge in [-0.15, -0.1) is 10.2 Å². The minimum absolute atomic E-state index is 0.109. The lowest BCUT2D eigenvalue weighted by atomic mass is 9.95. The Morgan fingerprint density at radius 1 is 1.21 bits per heavy atom. The largest absolute Gasteiger partial charge is 0.355 e. The van der Waals surface area contributed by atoms with Crippen LogP contribution < -0.4 is 10.2 Å². The molecule has 2 aromatic rings. The fourth-order valence-electron chi connectivity index (χ4n) is 3.30. The van der Waals surface area contributed by atoms with Gasteiger partial charge in [0.2, 0.25) is 5.91 Å². The van der Waals surface area contributed by atoms with Crippen LogP contribution in [0.4, 0.5) is 5.82 Å². The van der Waals surface area contributed by atoms with Gasteiger partial charge in [0.1, 0.15) is 5.03 Å².